The fraction of sp³-hybridized carbons (Fsp3) is 0.143. The number of rotatable bonds is 3. The lowest BCUT2D eigenvalue weighted by atomic mass is 10.2. The highest BCUT2D eigenvalue weighted by atomic mass is 19.1. The maximum atomic E-state index is 13.3. The third-order valence-corrected chi connectivity index (χ3v) is 2.42. The summed E-state index contributed by atoms with van der Waals surface area (Å²) in [6.45, 7) is 2.12. The monoisotopic (exact) mass is 234 g/mol. The summed E-state index contributed by atoms with van der Waals surface area (Å²) < 4.78 is 31.6. The van der Waals surface area contributed by atoms with Gasteiger partial charge in [-0.1, -0.05) is 35.9 Å². The average molecular weight is 234 g/mol. The standard InChI is InChI=1S/C14H12F2O/c1-10-5-7-11(8-6-10)9-17-14-12(15)3-2-4-13(14)16/h2-8H,9H2,1H3. The lowest BCUT2D eigenvalue weighted by Crippen LogP contribution is -1.99. The van der Waals surface area contributed by atoms with E-state index in [4.69, 9.17) is 4.74 Å². The zero-order valence-electron chi connectivity index (χ0n) is 9.41. The van der Waals surface area contributed by atoms with E-state index >= 15 is 0 Å². The summed E-state index contributed by atoms with van der Waals surface area (Å²) in [6.07, 6.45) is 0. The maximum Gasteiger partial charge on any atom is 0.191 e. The largest absolute Gasteiger partial charge is 0.483 e. The van der Waals surface area contributed by atoms with E-state index in [0.29, 0.717) is 0 Å². The van der Waals surface area contributed by atoms with E-state index in [9.17, 15) is 8.78 Å². The highest BCUT2D eigenvalue weighted by molar-refractivity contribution is 5.27. The molecule has 0 unspecified atom stereocenters. The molecule has 0 aliphatic carbocycles. The van der Waals surface area contributed by atoms with Crippen molar-refractivity contribution in [2.75, 3.05) is 0 Å². The van der Waals surface area contributed by atoms with Gasteiger partial charge < -0.3 is 4.74 Å². The number of ether oxygens (including phenoxy) is 1. The van der Waals surface area contributed by atoms with Gasteiger partial charge in [-0.15, -0.1) is 0 Å². The number of para-hydroxylation sites is 1. The molecule has 88 valence electrons. The Morgan fingerprint density at radius 2 is 1.53 bits per heavy atom. The molecule has 17 heavy (non-hydrogen) atoms. The fourth-order valence-electron chi connectivity index (χ4n) is 1.46. The van der Waals surface area contributed by atoms with Gasteiger partial charge in [0, 0.05) is 0 Å². The molecule has 0 fully saturated rings. The number of hydrogen-bond donors (Lipinski definition) is 0. The van der Waals surface area contributed by atoms with E-state index in [1.54, 1.807) is 0 Å². The molecule has 0 bridgehead atoms. The van der Waals surface area contributed by atoms with E-state index < -0.39 is 11.6 Å². The Morgan fingerprint density at radius 1 is 0.941 bits per heavy atom. The molecule has 3 heteroatoms. The summed E-state index contributed by atoms with van der Waals surface area (Å²) in [5.74, 6) is -1.69. The molecule has 0 atom stereocenters. The fourth-order valence-corrected chi connectivity index (χ4v) is 1.46. The quantitative estimate of drug-likeness (QED) is 0.783. The summed E-state index contributed by atoms with van der Waals surface area (Å²) in [4.78, 5) is 0. The van der Waals surface area contributed by atoms with E-state index in [-0.39, 0.29) is 12.4 Å². The van der Waals surface area contributed by atoms with Crippen LogP contribution in [0.4, 0.5) is 8.78 Å². The van der Waals surface area contributed by atoms with Gasteiger partial charge in [0.15, 0.2) is 17.4 Å². The molecule has 0 aliphatic heterocycles. The van der Waals surface area contributed by atoms with Crippen molar-refractivity contribution in [3.63, 3.8) is 0 Å². The summed E-state index contributed by atoms with van der Waals surface area (Å²) in [7, 11) is 0. The van der Waals surface area contributed by atoms with Crippen molar-refractivity contribution in [2.45, 2.75) is 13.5 Å². The van der Waals surface area contributed by atoms with E-state index in [1.807, 2.05) is 31.2 Å². The average Bonchev–Trinajstić information content (AvgIpc) is 2.31. The molecular weight excluding hydrogens is 222 g/mol. The highest BCUT2D eigenvalue weighted by Gasteiger charge is 2.09. The molecule has 0 radical (unpaired) electrons. The predicted molar refractivity (Wildman–Crippen MR) is 61.9 cm³/mol. The van der Waals surface area contributed by atoms with Crippen LogP contribution in [0.3, 0.4) is 0 Å². The van der Waals surface area contributed by atoms with E-state index in [1.165, 1.54) is 18.2 Å². The zero-order valence-corrected chi connectivity index (χ0v) is 9.41. The molecule has 1 nitrogen and oxygen atoms in total. The predicted octanol–water partition coefficient (Wildman–Crippen LogP) is 3.85. The molecule has 0 heterocycles. The smallest absolute Gasteiger partial charge is 0.191 e. The summed E-state index contributed by atoms with van der Waals surface area (Å²) >= 11 is 0. The van der Waals surface area contributed by atoms with Crippen molar-refractivity contribution < 1.29 is 13.5 Å². The van der Waals surface area contributed by atoms with Crippen LogP contribution in [0.2, 0.25) is 0 Å². The van der Waals surface area contributed by atoms with Crippen LogP contribution in [-0.2, 0) is 6.61 Å². The van der Waals surface area contributed by atoms with E-state index in [2.05, 4.69) is 0 Å². The summed E-state index contributed by atoms with van der Waals surface area (Å²) in [5, 5.41) is 0. The van der Waals surface area contributed by atoms with Gasteiger partial charge in [-0.2, -0.15) is 0 Å². The van der Waals surface area contributed by atoms with Crippen LogP contribution in [-0.4, -0.2) is 0 Å². The van der Waals surface area contributed by atoms with Crippen molar-refractivity contribution in [1.82, 2.24) is 0 Å². The van der Waals surface area contributed by atoms with Crippen LogP contribution in [0, 0.1) is 18.6 Å². The normalized spacial score (nSPS) is 10.3. The van der Waals surface area contributed by atoms with Gasteiger partial charge in [-0.25, -0.2) is 8.78 Å². The first-order valence-corrected chi connectivity index (χ1v) is 5.29. The lowest BCUT2D eigenvalue weighted by molar-refractivity contribution is 0.274. The minimum atomic E-state index is -0.683. The second-order valence-corrected chi connectivity index (χ2v) is 3.83. The third-order valence-electron chi connectivity index (χ3n) is 2.42. The summed E-state index contributed by atoms with van der Waals surface area (Å²) in [6, 6.07) is 11.2. The summed E-state index contributed by atoms with van der Waals surface area (Å²) in [5.41, 5.74) is 2.00. The van der Waals surface area contributed by atoms with Crippen molar-refractivity contribution in [3.05, 3.63) is 65.2 Å². The molecular formula is C14H12F2O. The molecule has 0 spiro atoms. The van der Waals surface area contributed by atoms with Gasteiger partial charge in [0.25, 0.3) is 0 Å². The van der Waals surface area contributed by atoms with Crippen LogP contribution in [0.15, 0.2) is 42.5 Å². The van der Waals surface area contributed by atoms with Gasteiger partial charge in [-0.05, 0) is 24.6 Å². The topological polar surface area (TPSA) is 9.23 Å². The molecule has 2 rings (SSSR count). The van der Waals surface area contributed by atoms with Crippen LogP contribution < -0.4 is 4.74 Å². The number of benzene rings is 2. The first kappa shape index (κ1) is 11.6. The lowest BCUT2D eigenvalue weighted by Gasteiger charge is -2.08. The van der Waals surface area contributed by atoms with Gasteiger partial charge in [0.1, 0.15) is 6.61 Å². The molecule has 0 amide bonds. The van der Waals surface area contributed by atoms with Crippen LogP contribution in [0.25, 0.3) is 0 Å². The Kier molecular flexibility index (Phi) is 3.38. The van der Waals surface area contributed by atoms with E-state index in [0.717, 1.165) is 11.1 Å². The molecule has 0 saturated carbocycles. The maximum absolute atomic E-state index is 13.3. The van der Waals surface area contributed by atoms with Crippen molar-refractivity contribution in [2.24, 2.45) is 0 Å². The minimum absolute atomic E-state index is 0.151. The highest BCUT2D eigenvalue weighted by Crippen LogP contribution is 2.21. The number of aryl methyl sites for hydroxylation is 1. The van der Waals surface area contributed by atoms with Crippen LogP contribution in [0.5, 0.6) is 5.75 Å². The van der Waals surface area contributed by atoms with Crippen LogP contribution >= 0.6 is 0 Å². The number of halogens is 2. The van der Waals surface area contributed by atoms with Gasteiger partial charge in [0.05, 0.1) is 0 Å². The molecule has 0 aromatic heterocycles. The Labute approximate surface area is 98.7 Å². The van der Waals surface area contributed by atoms with Crippen molar-refractivity contribution >= 4 is 0 Å². The Bertz CT molecular complexity index is 486. The molecule has 2 aromatic carbocycles. The number of hydrogen-bond acceptors (Lipinski definition) is 1. The molecule has 0 aliphatic rings. The molecule has 2 aromatic rings. The van der Waals surface area contributed by atoms with Gasteiger partial charge >= 0.3 is 0 Å². The Morgan fingerprint density at radius 3 is 2.12 bits per heavy atom. The first-order valence-electron chi connectivity index (χ1n) is 5.29. The SMILES string of the molecule is Cc1ccc(COc2c(F)cccc2F)cc1. The van der Waals surface area contributed by atoms with Gasteiger partial charge in [0.2, 0.25) is 0 Å². The van der Waals surface area contributed by atoms with Crippen LogP contribution in [0.1, 0.15) is 11.1 Å². The second kappa shape index (κ2) is 4.95. The van der Waals surface area contributed by atoms with Crippen molar-refractivity contribution in [3.8, 4) is 5.75 Å². The van der Waals surface area contributed by atoms with Gasteiger partial charge in [-0.3, -0.25) is 0 Å². The Balaban J connectivity index is 2.10. The minimum Gasteiger partial charge on any atom is -0.483 e. The second-order valence-electron chi connectivity index (χ2n) is 3.83. The molecule has 0 N–H and O–H groups in total. The van der Waals surface area contributed by atoms with Crippen molar-refractivity contribution in [1.29, 1.82) is 0 Å². The Hall–Kier alpha value is -1.90. The molecule has 0 saturated heterocycles. The first-order chi connectivity index (χ1) is 8.16. The zero-order chi connectivity index (χ0) is 12.3. The third kappa shape index (κ3) is 2.81.